The summed E-state index contributed by atoms with van der Waals surface area (Å²) in [6.45, 7) is 6.05. The minimum atomic E-state index is 0.613. The first-order valence-electron chi connectivity index (χ1n) is 6.02. The number of nitrogens with zero attached hydrogens (tertiary/aromatic N) is 2. The summed E-state index contributed by atoms with van der Waals surface area (Å²) in [4.78, 5) is 3.58. The van der Waals surface area contributed by atoms with Crippen LogP contribution in [0, 0.1) is 0 Å². The zero-order valence-corrected chi connectivity index (χ0v) is 11.8. The summed E-state index contributed by atoms with van der Waals surface area (Å²) in [6.07, 6.45) is 0. The van der Waals surface area contributed by atoms with E-state index in [2.05, 4.69) is 54.5 Å². The maximum absolute atomic E-state index is 5.57. The van der Waals surface area contributed by atoms with Gasteiger partial charge in [-0.05, 0) is 50.3 Å². The maximum atomic E-state index is 5.57. The second-order valence-corrected chi connectivity index (χ2v) is 5.46. The molecule has 1 rings (SSSR count). The molecule has 0 saturated heterocycles. The van der Waals surface area contributed by atoms with E-state index in [0.29, 0.717) is 6.54 Å². The van der Waals surface area contributed by atoms with Gasteiger partial charge in [0.25, 0.3) is 0 Å². The molecule has 0 aliphatic heterocycles. The van der Waals surface area contributed by atoms with E-state index in [1.54, 1.807) is 11.9 Å². The van der Waals surface area contributed by atoms with Gasteiger partial charge in [0.05, 0.1) is 0 Å². The van der Waals surface area contributed by atoms with Gasteiger partial charge in [-0.1, -0.05) is 19.1 Å². The first-order valence-corrected chi connectivity index (χ1v) is 6.79. The number of rotatable bonds is 7. The molecule has 0 aliphatic rings. The number of hydrogen-bond donors (Lipinski definition) is 1. The lowest BCUT2D eigenvalue weighted by atomic mass is 10.2. The molecule has 3 nitrogen and oxygen atoms in total. The molecule has 1 aromatic rings. The van der Waals surface area contributed by atoms with E-state index < -0.39 is 0 Å². The molecule has 0 saturated carbocycles. The first kappa shape index (κ1) is 14.5. The molecule has 1 aromatic carbocycles. The number of benzene rings is 1. The Hall–Kier alpha value is -0.550. The van der Waals surface area contributed by atoms with Gasteiger partial charge >= 0.3 is 0 Å². The van der Waals surface area contributed by atoms with Crippen LogP contribution in [0.5, 0.6) is 0 Å². The van der Waals surface area contributed by atoms with Gasteiger partial charge in [0.1, 0.15) is 0 Å². The van der Waals surface area contributed by atoms with Crippen LogP contribution in [0.1, 0.15) is 12.5 Å². The van der Waals surface area contributed by atoms with Gasteiger partial charge in [-0.3, -0.25) is 0 Å². The molecule has 0 aliphatic carbocycles. The average molecular weight is 253 g/mol. The minimum absolute atomic E-state index is 0.613. The molecule has 0 bridgehead atoms. The highest BCUT2D eigenvalue weighted by atomic mass is 32.2. The highest BCUT2D eigenvalue weighted by Gasteiger charge is 2.03. The van der Waals surface area contributed by atoms with Crippen LogP contribution in [-0.4, -0.2) is 42.9 Å². The van der Waals surface area contributed by atoms with Crippen molar-refractivity contribution in [1.82, 2.24) is 9.21 Å². The highest BCUT2D eigenvalue weighted by molar-refractivity contribution is 7.97. The summed E-state index contributed by atoms with van der Waals surface area (Å²) in [6, 6.07) is 8.45. The molecule has 0 radical (unpaired) electrons. The standard InChI is InChI=1S/C13H23N3S/c1-4-15(2)9-10-16(3)17-13-7-5-12(11-14)6-8-13/h5-8H,4,9-11,14H2,1-3H3. The van der Waals surface area contributed by atoms with Crippen LogP contribution in [0.25, 0.3) is 0 Å². The third-order valence-corrected chi connectivity index (χ3v) is 3.73. The molecule has 0 aromatic heterocycles. The van der Waals surface area contributed by atoms with Gasteiger partial charge in [0.15, 0.2) is 0 Å². The third kappa shape index (κ3) is 5.55. The molecule has 0 unspecified atom stereocenters. The summed E-state index contributed by atoms with van der Waals surface area (Å²) < 4.78 is 2.27. The predicted molar refractivity (Wildman–Crippen MR) is 76.0 cm³/mol. The number of likely N-dealkylation sites (N-methyl/N-ethyl adjacent to an activating group) is 2. The van der Waals surface area contributed by atoms with Crippen LogP contribution in [0.15, 0.2) is 29.2 Å². The van der Waals surface area contributed by atoms with Crippen LogP contribution in [0.2, 0.25) is 0 Å². The summed E-state index contributed by atoms with van der Waals surface area (Å²) in [7, 11) is 4.28. The van der Waals surface area contributed by atoms with Crippen LogP contribution in [-0.2, 0) is 6.54 Å². The van der Waals surface area contributed by atoms with Crippen LogP contribution < -0.4 is 5.73 Å². The summed E-state index contributed by atoms with van der Waals surface area (Å²) in [5.41, 5.74) is 6.76. The molecule has 0 atom stereocenters. The van der Waals surface area contributed by atoms with E-state index in [1.807, 2.05) is 0 Å². The van der Waals surface area contributed by atoms with Crippen molar-refractivity contribution >= 4 is 11.9 Å². The Kier molecular flexibility index (Phi) is 6.58. The first-order chi connectivity index (χ1) is 8.15. The van der Waals surface area contributed by atoms with Gasteiger partial charge in [0, 0.05) is 24.5 Å². The summed E-state index contributed by atoms with van der Waals surface area (Å²) >= 11 is 1.78. The lowest BCUT2D eigenvalue weighted by Crippen LogP contribution is -2.27. The fraction of sp³-hybridized carbons (Fsp3) is 0.538. The quantitative estimate of drug-likeness (QED) is 0.754. The highest BCUT2D eigenvalue weighted by Crippen LogP contribution is 2.21. The Labute approximate surface area is 109 Å². The van der Waals surface area contributed by atoms with E-state index in [9.17, 15) is 0 Å². The molecule has 0 spiro atoms. The van der Waals surface area contributed by atoms with Crippen molar-refractivity contribution in [3.8, 4) is 0 Å². The maximum Gasteiger partial charge on any atom is 0.0230 e. The lowest BCUT2D eigenvalue weighted by Gasteiger charge is -2.20. The predicted octanol–water partition coefficient (Wildman–Crippen LogP) is 2.04. The van der Waals surface area contributed by atoms with Gasteiger partial charge in [0.2, 0.25) is 0 Å². The molecule has 17 heavy (non-hydrogen) atoms. The minimum Gasteiger partial charge on any atom is -0.326 e. The van der Waals surface area contributed by atoms with Gasteiger partial charge in [-0.15, -0.1) is 0 Å². The van der Waals surface area contributed by atoms with Gasteiger partial charge in [-0.2, -0.15) is 0 Å². The lowest BCUT2D eigenvalue weighted by molar-refractivity contribution is 0.329. The summed E-state index contributed by atoms with van der Waals surface area (Å²) in [5, 5.41) is 0. The fourth-order valence-corrected chi connectivity index (χ4v) is 2.17. The van der Waals surface area contributed by atoms with E-state index >= 15 is 0 Å². The average Bonchev–Trinajstić information content (AvgIpc) is 2.36. The van der Waals surface area contributed by atoms with Crippen LogP contribution in [0.3, 0.4) is 0 Å². The van der Waals surface area contributed by atoms with E-state index in [1.165, 1.54) is 10.5 Å². The van der Waals surface area contributed by atoms with Gasteiger partial charge in [-0.25, -0.2) is 4.31 Å². The van der Waals surface area contributed by atoms with E-state index in [-0.39, 0.29) is 0 Å². The molecule has 4 heteroatoms. The normalized spacial score (nSPS) is 11.4. The number of nitrogens with two attached hydrogens (primary N) is 1. The van der Waals surface area contributed by atoms with Crippen LogP contribution in [0.4, 0.5) is 0 Å². The van der Waals surface area contributed by atoms with Crippen molar-refractivity contribution in [1.29, 1.82) is 0 Å². The van der Waals surface area contributed by atoms with Crippen molar-refractivity contribution in [2.75, 3.05) is 33.7 Å². The van der Waals surface area contributed by atoms with Crippen molar-refractivity contribution in [3.63, 3.8) is 0 Å². The van der Waals surface area contributed by atoms with Crippen LogP contribution >= 0.6 is 11.9 Å². The Morgan fingerprint density at radius 2 is 1.76 bits per heavy atom. The molecule has 0 heterocycles. The van der Waals surface area contributed by atoms with Gasteiger partial charge < -0.3 is 10.6 Å². The molecular weight excluding hydrogens is 230 g/mol. The second-order valence-electron chi connectivity index (χ2n) is 4.19. The molecule has 96 valence electrons. The monoisotopic (exact) mass is 253 g/mol. The second kappa shape index (κ2) is 7.71. The zero-order chi connectivity index (χ0) is 12.7. The largest absolute Gasteiger partial charge is 0.326 e. The van der Waals surface area contributed by atoms with E-state index in [0.717, 1.165) is 19.6 Å². The smallest absolute Gasteiger partial charge is 0.0230 e. The topological polar surface area (TPSA) is 32.5 Å². The van der Waals surface area contributed by atoms with E-state index in [4.69, 9.17) is 5.73 Å². The zero-order valence-electron chi connectivity index (χ0n) is 11.0. The number of hydrogen-bond acceptors (Lipinski definition) is 4. The third-order valence-electron chi connectivity index (χ3n) is 2.76. The Morgan fingerprint density at radius 1 is 1.12 bits per heavy atom. The summed E-state index contributed by atoms with van der Waals surface area (Å²) in [5.74, 6) is 0. The van der Waals surface area contributed by atoms with Crippen molar-refractivity contribution in [2.45, 2.75) is 18.4 Å². The fourth-order valence-electron chi connectivity index (χ4n) is 1.38. The molecular formula is C13H23N3S. The Balaban J connectivity index is 2.36. The van der Waals surface area contributed by atoms with Crippen molar-refractivity contribution in [2.24, 2.45) is 5.73 Å². The van der Waals surface area contributed by atoms with Crippen molar-refractivity contribution < 1.29 is 0 Å². The molecule has 0 fully saturated rings. The SMILES string of the molecule is CCN(C)CCN(C)Sc1ccc(CN)cc1. The molecule has 2 N–H and O–H groups in total. The molecule has 0 amide bonds. The Morgan fingerprint density at radius 3 is 2.29 bits per heavy atom. The van der Waals surface area contributed by atoms with Crippen molar-refractivity contribution in [3.05, 3.63) is 29.8 Å². The Bertz CT molecular complexity index is 313.